The third kappa shape index (κ3) is 5.56. The summed E-state index contributed by atoms with van der Waals surface area (Å²) in [7, 11) is 0. The van der Waals surface area contributed by atoms with Gasteiger partial charge >= 0.3 is 0 Å². The predicted octanol–water partition coefficient (Wildman–Crippen LogP) is 3.67. The molecule has 9 nitrogen and oxygen atoms in total. The number of hydrogen-bond donors (Lipinski definition) is 1. The number of carbonyl (C=O) groups is 3. The van der Waals surface area contributed by atoms with Crippen molar-refractivity contribution in [3.05, 3.63) is 77.4 Å². The summed E-state index contributed by atoms with van der Waals surface area (Å²) in [5.74, 6) is 1.44. The number of ketones is 1. The Morgan fingerprint density at radius 1 is 0.974 bits per heavy atom. The number of nitrogens with one attached hydrogen (secondary N) is 1. The van der Waals surface area contributed by atoms with E-state index in [1.165, 1.54) is 4.90 Å². The fourth-order valence-corrected chi connectivity index (χ4v) is 4.35. The van der Waals surface area contributed by atoms with Crippen LogP contribution in [0.4, 0.5) is 5.69 Å². The van der Waals surface area contributed by atoms with E-state index >= 15 is 0 Å². The van der Waals surface area contributed by atoms with E-state index in [-0.39, 0.29) is 50.7 Å². The molecule has 9 heteroatoms. The van der Waals surface area contributed by atoms with Crippen LogP contribution in [0.2, 0.25) is 0 Å². The molecule has 0 atom stereocenters. The highest BCUT2D eigenvalue weighted by Crippen LogP contribution is 2.34. The maximum absolute atomic E-state index is 13.0. The summed E-state index contributed by atoms with van der Waals surface area (Å²) in [6, 6.07) is 17.9. The minimum absolute atomic E-state index is 0.148. The van der Waals surface area contributed by atoms with Gasteiger partial charge in [-0.25, -0.2) is 0 Å². The van der Waals surface area contributed by atoms with Crippen molar-refractivity contribution in [2.45, 2.75) is 26.3 Å². The molecule has 0 saturated carbocycles. The van der Waals surface area contributed by atoms with Gasteiger partial charge in [0.15, 0.2) is 30.5 Å². The third-order valence-corrected chi connectivity index (χ3v) is 6.30. The molecule has 2 amide bonds. The average molecular weight is 517 g/mol. The van der Waals surface area contributed by atoms with Gasteiger partial charge in [-0.15, -0.1) is 0 Å². The van der Waals surface area contributed by atoms with Crippen molar-refractivity contribution in [1.82, 2.24) is 5.32 Å². The molecule has 5 rings (SSSR count). The first-order valence-corrected chi connectivity index (χ1v) is 12.5. The van der Waals surface area contributed by atoms with Crippen molar-refractivity contribution >= 4 is 23.3 Å². The van der Waals surface area contributed by atoms with E-state index in [0.717, 1.165) is 24.0 Å². The van der Waals surface area contributed by atoms with Gasteiger partial charge in [-0.2, -0.15) is 0 Å². The smallest absolute Gasteiger partial charge is 0.265 e. The molecular weight excluding hydrogens is 488 g/mol. The normalized spacial score (nSPS) is 13.5. The van der Waals surface area contributed by atoms with Crippen molar-refractivity contribution < 1.29 is 33.3 Å². The Balaban J connectivity index is 1.24. The molecule has 0 bridgehead atoms. The Morgan fingerprint density at radius 2 is 1.79 bits per heavy atom. The molecule has 0 unspecified atom stereocenters. The predicted molar refractivity (Wildman–Crippen MR) is 139 cm³/mol. The summed E-state index contributed by atoms with van der Waals surface area (Å²) in [5.41, 5.74) is 2.62. The highest BCUT2D eigenvalue weighted by atomic mass is 16.7. The van der Waals surface area contributed by atoms with Gasteiger partial charge in [0.2, 0.25) is 12.7 Å². The molecule has 0 saturated heterocycles. The van der Waals surface area contributed by atoms with E-state index in [4.69, 9.17) is 18.9 Å². The summed E-state index contributed by atoms with van der Waals surface area (Å²) < 4.78 is 22.0. The first kappa shape index (κ1) is 25.1. The van der Waals surface area contributed by atoms with Crippen LogP contribution in [0, 0.1) is 0 Å². The molecule has 38 heavy (non-hydrogen) atoms. The Hall–Kier alpha value is -4.53. The number of hydrogen-bond acceptors (Lipinski definition) is 7. The highest BCUT2D eigenvalue weighted by molar-refractivity contribution is 6.04. The number of fused-ring (bicyclic) bond motifs is 2. The van der Waals surface area contributed by atoms with E-state index in [1.807, 2.05) is 30.3 Å². The van der Waals surface area contributed by atoms with Crippen molar-refractivity contribution in [1.29, 1.82) is 0 Å². The van der Waals surface area contributed by atoms with Crippen LogP contribution in [-0.4, -0.2) is 44.1 Å². The van der Waals surface area contributed by atoms with Crippen LogP contribution in [0.3, 0.4) is 0 Å². The SMILES string of the molecule is CCCc1ccccc1OCC(=O)c1ccc2c(c1)N(CC(=O)NCc1ccc3c(c1)OCO3)C(=O)CO2. The molecule has 2 aliphatic rings. The Kier molecular flexibility index (Phi) is 7.44. The number of nitrogens with zero attached hydrogens (tertiary/aromatic N) is 1. The van der Waals surface area contributed by atoms with E-state index in [1.54, 1.807) is 30.3 Å². The summed E-state index contributed by atoms with van der Waals surface area (Å²) in [4.78, 5) is 39.7. The standard InChI is InChI=1S/C29H28N2O7/c1-2-5-20-6-3-4-7-24(20)35-16-23(32)21-9-11-25-22(13-21)31(29(34)17-36-25)15-28(33)30-14-19-8-10-26-27(12-19)38-18-37-26/h3-4,6-13H,2,5,14-18H2,1H3,(H,30,33). The number of aryl methyl sites for hydroxylation is 1. The summed E-state index contributed by atoms with van der Waals surface area (Å²) in [5, 5.41) is 2.82. The number of amides is 2. The Labute approximate surface area is 220 Å². The van der Waals surface area contributed by atoms with E-state index < -0.39 is 0 Å². The van der Waals surface area contributed by atoms with Gasteiger partial charge in [-0.1, -0.05) is 37.6 Å². The first-order valence-electron chi connectivity index (χ1n) is 12.5. The molecule has 2 heterocycles. The third-order valence-electron chi connectivity index (χ3n) is 6.30. The molecule has 3 aromatic carbocycles. The average Bonchev–Trinajstić information content (AvgIpc) is 3.41. The lowest BCUT2D eigenvalue weighted by atomic mass is 10.1. The van der Waals surface area contributed by atoms with Gasteiger partial charge < -0.3 is 24.3 Å². The van der Waals surface area contributed by atoms with Crippen LogP contribution < -0.4 is 29.2 Å². The van der Waals surface area contributed by atoms with Gasteiger partial charge in [0.25, 0.3) is 5.91 Å². The molecule has 0 aromatic heterocycles. The van der Waals surface area contributed by atoms with Crippen LogP contribution in [-0.2, 0) is 22.6 Å². The highest BCUT2D eigenvalue weighted by Gasteiger charge is 2.28. The number of para-hydroxylation sites is 1. The lowest BCUT2D eigenvalue weighted by Gasteiger charge is -2.29. The number of anilines is 1. The molecule has 0 fully saturated rings. The lowest BCUT2D eigenvalue weighted by Crippen LogP contribution is -2.45. The Bertz CT molecular complexity index is 1370. The number of rotatable bonds is 10. The summed E-state index contributed by atoms with van der Waals surface area (Å²) >= 11 is 0. The van der Waals surface area contributed by atoms with Crippen molar-refractivity contribution in [2.24, 2.45) is 0 Å². The van der Waals surface area contributed by atoms with E-state index in [2.05, 4.69) is 12.2 Å². The quantitative estimate of drug-likeness (QED) is 0.410. The molecule has 0 radical (unpaired) electrons. The maximum atomic E-state index is 13.0. The van der Waals surface area contributed by atoms with Gasteiger partial charge in [0.05, 0.1) is 5.69 Å². The minimum atomic E-state index is -0.370. The fourth-order valence-electron chi connectivity index (χ4n) is 4.35. The zero-order valence-electron chi connectivity index (χ0n) is 21.0. The van der Waals surface area contributed by atoms with Crippen LogP contribution in [0.15, 0.2) is 60.7 Å². The van der Waals surface area contributed by atoms with Gasteiger partial charge in [-0.3, -0.25) is 19.3 Å². The van der Waals surface area contributed by atoms with Gasteiger partial charge in [0, 0.05) is 12.1 Å². The molecule has 196 valence electrons. The zero-order chi connectivity index (χ0) is 26.5. The van der Waals surface area contributed by atoms with Gasteiger partial charge in [-0.05, 0) is 53.9 Å². The minimum Gasteiger partial charge on any atom is -0.485 e. The molecule has 3 aromatic rings. The van der Waals surface area contributed by atoms with E-state index in [9.17, 15) is 14.4 Å². The van der Waals surface area contributed by atoms with Crippen LogP contribution in [0.1, 0.15) is 34.8 Å². The van der Waals surface area contributed by atoms with E-state index in [0.29, 0.717) is 34.2 Å². The number of benzene rings is 3. The van der Waals surface area contributed by atoms with Gasteiger partial charge in [0.1, 0.15) is 18.0 Å². The lowest BCUT2D eigenvalue weighted by molar-refractivity contribution is -0.125. The van der Waals surface area contributed by atoms with Crippen LogP contribution in [0.25, 0.3) is 0 Å². The summed E-state index contributed by atoms with van der Waals surface area (Å²) in [6.07, 6.45) is 1.82. The van der Waals surface area contributed by atoms with Crippen molar-refractivity contribution in [3.8, 4) is 23.0 Å². The topological polar surface area (TPSA) is 103 Å². The molecule has 2 aliphatic heterocycles. The zero-order valence-corrected chi connectivity index (χ0v) is 21.0. The molecular formula is C29H28N2O7. The molecule has 0 aliphatic carbocycles. The van der Waals surface area contributed by atoms with Crippen LogP contribution >= 0.6 is 0 Å². The van der Waals surface area contributed by atoms with Crippen molar-refractivity contribution in [3.63, 3.8) is 0 Å². The molecule has 0 spiro atoms. The number of ether oxygens (including phenoxy) is 4. The molecule has 1 N–H and O–H groups in total. The monoisotopic (exact) mass is 516 g/mol. The first-order chi connectivity index (χ1) is 18.5. The summed E-state index contributed by atoms with van der Waals surface area (Å²) in [6.45, 7) is 1.97. The number of carbonyl (C=O) groups excluding carboxylic acids is 3. The second-order valence-corrected chi connectivity index (χ2v) is 8.98. The second kappa shape index (κ2) is 11.2. The largest absolute Gasteiger partial charge is 0.485 e. The second-order valence-electron chi connectivity index (χ2n) is 8.98. The maximum Gasteiger partial charge on any atom is 0.265 e. The van der Waals surface area contributed by atoms with Crippen LogP contribution in [0.5, 0.6) is 23.0 Å². The van der Waals surface area contributed by atoms with Crippen molar-refractivity contribution in [2.75, 3.05) is 31.5 Å². The fraction of sp³-hybridized carbons (Fsp3) is 0.276. The number of Topliss-reactive ketones (excluding diaryl/α,β-unsaturated/α-hetero) is 1. The Morgan fingerprint density at radius 3 is 2.66 bits per heavy atom.